The Morgan fingerprint density at radius 1 is 0.380 bits per heavy atom. The van der Waals surface area contributed by atoms with Crippen LogP contribution >= 0.6 is 11.3 Å². The predicted octanol–water partition coefficient (Wildman–Crippen LogP) is 14.0. The molecule has 0 N–H and O–H groups in total. The van der Waals surface area contributed by atoms with Gasteiger partial charge in [0.05, 0.1) is 21.8 Å². The first-order chi connectivity index (χ1) is 24.8. The molecule has 0 atom stereocenters. The summed E-state index contributed by atoms with van der Waals surface area (Å²) in [6.45, 7) is 0. The second kappa shape index (κ2) is 11.7. The number of anilines is 6. The molecule has 0 aliphatic heterocycles. The fraction of sp³-hybridized carbons (Fsp3) is 0. The van der Waals surface area contributed by atoms with Gasteiger partial charge < -0.3 is 14.2 Å². The van der Waals surface area contributed by atoms with E-state index in [0.29, 0.717) is 0 Å². The Bertz CT molecular complexity index is 2790. The van der Waals surface area contributed by atoms with Gasteiger partial charge in [-0.3, -0.25) is 0 Å². The first kappa shape index (κ1) is 28.6. The lowest BCUT2D eigenvalue weighted by Crippen LogP contribution is -2.11. The summed E-state index contributed by atoms with van der Waals surface area (Å²) >= 11 is 1.85. The Labute approximate surface area is 293 Å². The van der Waals surface area contributed by atoms with Gasteiger partial charge in [-0.15, -0.1) is 11.3 Å². The van der Waals surface area contributed by atoms with Crippen LogP contribution in [-0.4, -0.2) is 0 Å². The molecule has 2 aromatic heterocycles. The summed E-state index contributed by atoms with van der Waals surface area (Å²) in [7, 11) is 0. The molecule has 0 radical (unpaired) electrons. The number of para-hydroxylation sites is 3. The molecule has 8 aromatic carbocycles. The van der Waals surface area contributed by atoms with Crippen molar-refractivity contribution in [3.05, 3.63) is 182 Å². The van der Waals surface area contributed by atoms with Crippen molar-refractivity contribution in [3.63, 3.8) is 0 Å². The molecule has 0 fully saturated rings. The summed E-state index contributed by atoms with van der Waals surface area (Å²) < 4.78 is 8.92. The SMILES string of the molecule is c1ccc(N(c2ccccc2)c2cccc3c2sc2cccc(N(c4ccc5c(c4)oc4ccccc45)c4cccc5ccccc45)c23)cc1. The van der Waals surface area contributed by atoms with Crippen LogP contribution < -0.4 is 9.80 Å². The number of thiophene rings is 1. The number of fused-ring (bicyclic) bond motifs is 7. The molecule has 0 unspecified atom stereocenters. The van der Waals surface area contributed by atoms with E-state index in [1.54, 1.807) is 0 Å². The van der Waals surface area contributed by atoms with Crippen LogP contribution in [0.4, 0.5) is 34.1 Å². The molecule has 0 bridgehead atoms. The zero-order valence-corrected chi connectivity index (χ0v) is 27.8. The van der Waals surface area contributed by atoms with Gasteiger partial charge in [0.2, 0.25) is 0 Å². The first-order valence-corrected chi connectivity index (χ1v) is 17.7. The van der Waals surface area contributed by atoms with E-state index in [1.807, 2.05) is 23.5 Å². The maximum absolute atomic E-state index is 6.44. The molecule has 4 heteroatoms. The fourth-order valence-electron chi connectivity index (χ4n) is 7.42. The zero-order valence-electron chi connectivity index (χ0n) is 27.0. The van der Waals surface area contributed by atoms with Crippen LogP contribution in [0.1, 0.15) is 0 Å². The largest absolute Gasteiger partial charge is 0.456 e. The summed E-state index contributed by atoms with van der Waals surface area (Å²) in [6, 6.07) is 64.9. The van der Waals surface area contributed by atoms with Gasteiger partial charge in [-0.2, -0.15) is 0 Å². The van der Waals surface area contributed by atoms with Gasteiger partial charge in [0, 0.05) is 54.8 Å². The summed E-state index contributed by atoms with van der Waals surface area (Å²) in [4.78, 5) is 4.79. The number of nitrogens with zero attached hydrogens (tertiary/aromatic N) is 2. The molecular formula is C46H30N2OS. The number of hydrogen-bond donors (Lipinski definition) is 0. The second-order valence-electron chi connectivity index (χ2n) is 12.5. The average molecular weight is 659 g/mol. The Morgan fingerprint density at radius 2 is 0.980 bits per heavy atom. The molecule has 10 aromatic rings. The minimum absolute atomic E-state index is 0.875. The third-order valence-electron chi connectivity index (χ3n) is 9.62. The Kier molecular flexibility index (Phi) is 6.68. The Morgan fingerprint density at radius 3 is 1.80 bits per heavy atom. The lowest BCUT2D eigenvalue weighted by atomic mass is 10.0. The maximum atomic E-state index is 6.44. The molecule has 0 saturated heterocycles. The minimum Gasteiger partial charge on any atom is -0.456 e. The van der Waals surface area contributed by atoms with Gasteiger partial charge in [0.25, 0.3) is 0 Å². The first-order valence-electron chi connectivity index (χ1n) is 16.9. The van der Waals surface area contributed by atoms with E-state index in [4.69, 9.17) is 4.42 Å². The van der Waals surface area contributed by atoms with Crippen LogP contribution in [0.25, 0.3) is 52.9 Å². The van der Waals surface area contributed by atoms with Crippen molar-refractivity contribution in [1.82, 2.24) is 0 Å². The van der Waals surface area contributed by atoms with Gasteiger partial charge in [0.15, 0.2) is 0 Å². The summed E-state index contributed by atoms with van der Waals surface area (Å²) in [6.07, 6.45) is 0. The standard InChI is InChI=1S/C46H30N2OS/c1-3-16-32(17-4-1)47(33-18-5-2-6-19-33)41-25-12-22-38-45-40(24-13-27-44(45)50-46(38)41)48(39-23-11-15-31-14-7-8-20-35(31)39)34-28-29-37-36-21-9-10-26-42(36)49-43(37)30-34/h1-30H. The van der Waals surface area contributed by atoms with Crippen LogP contribution in [0, 0.1) is 0 Å². The van der Waals surface area contributed by atoms with E-state index in [-0.39, 0.29) is 0 Å². The van der Waals surface area contributed by atoms with Crippen LogP contribution in [0.3, 0.4) is 0 Å². The smallest absolute Gasteiger partial charge is 0.137 e. The lowest BCUT2D eigenvalue weighted by molar-refractivity contribution is 0.669. The highest BCUT2D eigenvalue weighted by molar-refractivity contribution is 7.26. The molecule has 0 spiro atoms. The molecule has 3 nitrogen and oxygen atoms in total. The van der Waals surface area contributed by atoms with Crippen LogP contribution in [0.2, 0.25) is 0 Å². The van der Waals surface area contributed by atoms with E-state index in [1.165, 1.54) is 30.9 Å². The fourth-order valence-corrected chi connectivity index (χ4v) is 8.65. The molecule has 50 heavy (non-hydrogen) atoms. The van der Waals surface area contributed by atoms with E-state index in [9.17, 15) is 0 Å². The molecule has 0 saturated carbocycles. The predicted molar refractivity (Wildman–Crippen MR) is 213 cm³/mol. The van der Waals surface area contributed by atoms with Crippen molar-refractivity contribution in [3.8, 4) is 0 Å². The molecule has 0 amide bonds. The normalized spacial score (nSPS) is 11.6. The second-order valence-corrected chi connectivity index (χ2v) is 13.6. The zero-order chi connectivity index (χ0) is 33.0. The van der Waals surface area contributed by atoms with E-state index in [0.717, 1.165) is 56.1 Å². The van der Waals surface area contributed by atoms with Crippen molar-refractivity contribution >= 4 is 98.3 Å². The third-order valence-corrected chi connectivity index (χ3v) is 10.8. The number of benzene rings is 8. The third kappa shape index (κ3) is 4.57. The highest BCUT2D eigenvalue weighted by Crippen LogP contribution is 2.50. The average Bonchev–Trinajstić information content (AvgIpc) is 3.75. The van der Waals surface area contributed by atoms with Crippen molar-refractivity contribution in [2.24, 2.45) is 0 Å². The molecule has 10 rings (SSSR count). The van der Waals surface area contributed by atoms with Crippen molar-refractivity contribution in [2.45, 2.75) is 0 Å². The van der Waals surface area contributed by atoms with Gasteiger partial charge in [-0.1, -0.05) is 109 Å². The van der Waals surface area contributed by atoms with Crippen LogP contribution in [0.5, 0.6) is 0 Å². The monoisotopic (exact) mass is 658 g/mol. The van der Waals surface area contributed by atoms with Crippen molar-refractivity contribution in [2.75, 3.05) is 9.80 Å². The van der Waals surface area contributed by atoms with Gasteiger partial charge in [-0.25, -0.2) is 0 Å². The molecular weight excluding hydrogens is 629 g/mol. The quantitative estimate of drug-likeness (QED) is 0.177. The van der Waals surface area contributed by atoms with Crippen molar-refractivity contribution < 1.29 is 4.42 Å². The highest BCUT2D eigenvalue weighted by Gasteiger charge is 2.23. The Hall–Kier alpha value is -6.36. The van der Waals surface area contributed by atoms with Crippen molar-refractivity contribution in [1.29, 1.82) is 0 Å². The summed E-state index contributed by atoms with van der Waals surface area (Å²) in [5.41, 5.74) is 8.48. The number of furan rings is 1. The number of rotatable bonds is 6. The molecule has 0 aliphatic carbocycles. The van der Waals surface area contributed by atoms with Crippen LogP contribution in [-0.2, 0) is 0 Å². The summed E-state index contributed by atoms with van der Waals surface area (Å²) in [5.74, 6) is 0. The highest BCUT2D eigenvalue weighted by atomic mass is 32.1. The van der Waals surface area contributed by atoms with Crippen LogP contribution in [0.15, 0.2) is 186 Å². The van der Waals surface area contributed by atoms with E-state index < -0.39 is 0 Å². The minimum atomic E-state index is 0.875. The number of hydrogen-bond acceptors (Lipinski definition) is 4. The van der Waals surface area contributed by atoms with E-state index >= 15 is 0 Å². The summed E-state index contributed by atoms with van der Waals surface area (Å²) in [5, 5.41) is 7.10. The van der Waals surface area contributed by atoms with E-state index in [2.05, 4.69) is 180 Å². The molecule has 2 heterocycles. The Balaban J connectivity index is 1.25. The lowest BCUT2D eigenvalue weighted by Gasteiger charge is -2.28. The molecule has 236 valence electrons. The van der Waals surface area contributed by atoms with Gasteiger partial charge >= 0.3 is 0 Å². The van der Waals surface area contributed by atoms with Gasteiger partial charge in [-0.05, 0) is 72.1 Å². The topological polar surface area (TPSA) is 19.6 Å². The van der Waals surface area contributed by atoms with Gasteiger partial charge in [0.1, 0.15) is 11.2 Å². The maximum Gasteiger partial charge on any atom is 0.137 e. The molecule has 0 aliphatic rings.